The number of carbonyl (C=O) groups excluding carboxylic acids is 2. The van der Waals surface area contributed by atoms with E-state index in [1.54, 1.807) is 6.20 Å². The molecule has 3 aliphatic rings. The van der Waals surface area contributed by atoms with E-state index >= 15 is 0 Å². The molecule has 1 atom stereocenters. The molecule has 4 heterocycles. The Morgan fingerprint density at radius 2 is 2.04 bits per heavy atom. The standard InChI is InChI=1S/C17H25N5O2.ClH/c23-14-11-16(12-19-14)3-1-9-21(13-16)15(24)17(4-7-18-8-5-17)22-10-2-6-20-22;/h2,6,10,18H,1,3-5,7-9,11-13H2,(H,19,23);1H. The zero-order valence-electron chi connectivity index (χ0n) is 14.4. The maximum absolute atomic E-state index is 13.5. The number of carbonyl (C=O) groups is 2. The number of nitrogens with zero attached hydrogens (tertiary/aromatic N) is 3. The second kappa shape index (κ2) is 6.96. The fraction of sp³-hybridized carbons (Fsp3) is 0.706. The molecule has 0 aromatic carbocycles. The Labute approximate surface area is 153 Å². The Kier molecular flexibility index (Phi) is 5.06. The summed E-state index contributed by atoms with van der Waals surface area (Å²) in [5, 5.41) is 10.7. The third-order valence-electron chi connectivity index (χ3n) is 5.92. The third-order valence-corrected chi connectivity index (χ3v) is 5.92. The van der Waals surface area contributed by atoms with E-state index in [1.807, 2.05) is 21.8 Å². The van der Waals surface area contributed by atoms with Gasteiger partial charge < -0.3 is 15.5 Å². The number of piperidine rings is 2. The molecule has 138 valence electrons. The van der Waals surface area contributed by atoms with Gasteiger partial charge in [-0.15, -0.1) is 12.4 Å². The lowest BCUT2D eigenvalue weighted by Gasteiger charge is -2.45. The number of aromatic nitrogens is 2. The minimum atomic E-state index is -0.580. The summed E-state index contributed by atoms with van der Waals surface area (Å²) in [5.74, 6) is 0.291. The first-order valence-electron chi connectivity index (χ1n) is 8.91. The number of hydrogen-bond acceptors (Lipinski definition) is 4. The third kappa shape index (κ3) is 3.15. The topological polar surface area (TPSA) is 79.3 Å². The number of likely N-dealkylation sites (tertiary alicyclic amines) is 1. The highest BCUT2D eigenvalue weighted by Gasteiger charge is 2.49. The summed E-state index contributed by atoms with van der Waals surface area (Å²) in [6.45, 7) is 3.81. The van der Waals surface area contributed by atoms with Gasteiger partial charge in [0.05, 0.1) is 0 Å². The molecular formula is C17H26ClN5O2. The maximum atomic E-state index is 13.5. The molecule has 0 saturated carbocycles. The summed E-state index contributed by atoms with van der Waals surface area (Å²) < 4.78 is 1.86. The fourth-order valence-electron chi connectivity index (χ4n) is 4.62. The van der Waals surface area contributed by atoms with Gasteiger partial charge in [0.1, 0.15) is 5.54 Å². The molecule has 25 heavy (non-hydrogen) atoms. The summed E-state index contributed by atoms with van der Waals surface area (Å²) >= 11 is 0. The monoisotopic (exact) mass is 367 g/mol. The van der Waals surface area contributed by atoms with E-state index in [2.05, 4.69) is 15.7 Å². The van der Waals surface area contributed by atoms with Crippen LogP contribution >= 0.6 is 12.4 Å². The summed E-state index contributed by atoms with van der Waals surface area (Å²) in [5.41, 5.74) is -0.646. The van der Waals surface area contributed by atoms with Crippen molar-refractivity contribution >= 4 is 24.2 Å². The van der Waals surface area contributed by atoms with Gasteiger partial charge in [0, 0.05) is 43.9 Å². The molecule has 0 bridgehead atoms. The van der Waals surface area contributed by atoms with Crippen LogP contribution in [0, 0.1) is 5.41 Å². The molecule has 1 spiro atoms. The van der Waals surface area contributed by atoms with Crippen LogP contribution in [0.5, 0.6) is 0 Å². The normalized spacial score (nSPS) is 28.5. The predicted octanol–water partition coefficient (Wildman–Crippen LogP) is 0.512. The molecule has 8 heteroatoms. The SMILES string of the molecule is Cl.O=C1CC2(CCCN(C(=O)C3(n4cccn4)CCNCC3)C2)CN1. The second-order valence-corrected chi connectivity index (χ2v) is 7.52. The van der Waals surface area contributed by atoms with Gasteiger partial charge >= 0.3 is 0 Å². The highest BCUT2D eigenvalue weighted by Crippen LogP contribution is 2.38. The minimum absolute atomic E-state index is 0. The van der Waals surface area contributed by atoms with E-state index in [0.717, 1.165) is 45.3 Å². The Balaban J connectivity index is 0.00000182. The Morgan fingerprint density at radius 3 is 2.68 bits per heavy atom. The number of halogens is 1. The van der Waals surface area contributed by atoms with Gasteiger partial charge in [-0.2, -0.15) is 5.10 Å². The second-order valence-electron chi connectivity index (χ2n) is 7.52. The number of nitrogens with one attached hydrogen (secondary N) is 2. The molecular weight excluding hydrogens is 342 g/mol. The largest absolute Gasteiger partial charge is 0.355 e. The smallest absolute Gasteiger partial charge is 0.250 e. The minimum Gasteiger partial charge on any atom is -0.355 e. The fourth-order valence-corrected chi connectivity index (χ4v) is 4.62. The molecule has 2 N–H and O–H groups in total. The first-order chi connectivity index (χ1) is 11.6. The van der Waals surface area contributed by atoms with Gasteiger partial charge in [-0.25, -0.2) is 0 Å². The summed E-state index contributed by atoms with van der Waals surface area (Å²) in [6, 6.07) is 1.88. The summed E-state index contributed by atoms with van der Waals surface area (Å²) in [4.78, 5) is 27.2. The van der Waals surface area contributed by atoms with Crippen molar-refractivity contribution in [3.63, 3.8) is 0 Å². The van der Waals surface area contributed by atoms with Crippen molar-refractivity contribution < 1.29 is 9.59 Å². The van der Waals surface area contributed by atoms with Crippen molar-refractivity contribution in [2.75, 3.05) is 32.7 Å². The van der Waals surface area contributed by atoms with Gasteiger partial charge in [-0.3, -0.25) is 14.3 Å². The van der Waals surface area contributed by atoms with Crippen LogP contribution in [0.1, 0.15) is 32.1 Å². The molecule has 0 aliphatic carbocycles. The lowest BCUT2D eigenvalue weighted by atomic mass is 9.77. The molecule has 1 unspecified atom stereocenters. The Hall–Kier alpha value is -1.60. The van der Waals surface area contributed by atoms with Crippen molar-refractivity contribution in [1.82, 2.24) is 25.3 Å². The van der Waals surface area contributed by atoms with Crippen molar-refractivity contribution in [2.24, 2.45) is 5.41 Å². The van der Waals surface area contributed by atoms with Crippen LogP contribution in [0.2, 0.25) is 0 Å². The molecule has 3 aliphatic heterocycles. The summed E-state index contributed by atoms with van der Waals surface area (Å²) in [6.07, 6.45) is 7.70. The zero-order chi connectivity index (χ0) is 16.6. The highest BCUT2D eigenvalue weighted by atomic mass is 35.5. The predicted molar refractivity (Wildman–Crippen MR) is 95.4 cm³/mol. The molecule has 1 aromatic rings. The highest BCUT2D eigenvalue weighted by molar-refractivity contribution is 5.86. The molecule has 1 aromatic heterocycles. The van der Waals surface area contributed by atoms with Crippen molar-refractivity contribution in [3.8, 4) is 0 Å². The molecule has 4 rings (SSSR count). The molecule has 3 fully saturated rings. The van der Waals surface area contributed by atoms with Crippen LogP contribution in [-0.2, 0) is 15.1 Å². The van der Waals surface area contributed by atoms with E-state index in [9.17, 15) is 9.59 Å². The van der Waals surface area contributed by atoms with Crippen LogP contribution in [0.3, 0.4) is 0 Å². The quantitative estimate of drug-likeness (QED) is 0.798. The number of rotatable bonds is 2. The van der Waals surface area contributed by atoms with E-state index in [4.69, 9.17) is 0 Å². The van der Waals surface area contributed by atoms with E-state index < -0.39 is 5.54 Å². The lowest BCUT2D eigenvalue weighted by Crippen LogP contribution is -2.58. The molecule has 3 saturated heterocycles. The van der Waals surface area contributed by atoms with Crippen LogP contribution in [0.4, 0.5) is 0 Å². The number of amides is 2. The first-order valence-corrected chi connectivity index (χ1v) is 8.91. The average molecular weight is 368 g/mol. The maximum Gasteiger partial charge on any atom is 0.250 e. The average Bonchev–Trinajstić information content (AvgIpc) is 3.26. The van der Waals surface area contributed by atoms with Gasteiger partial charge in [-0.1, -0.05) is 0 Å². The van der Waals surface area contributed by atoms with Gasteiger partial charge in [0.25, 0.3) is 5.91 Å². The molecule has 7 nitrogen and oxygen atoms in total. The van der Waals surface area contributed by atoms with E-state index in [1.165, 1.54) is 0 Å². The van der Waals surface area contributed by atoms with Gasteiger partial charge in [0.15, 0.2) is 0 Å². The van der Waals surface area contributed by atoms with Crippen molar-refractivity contribution in [1.29, 1.82) is 0 Å². The van der Waals surface area contributed by atoms with Gasteiger partial charge in [0.2, 0.25) is 5.91 Å². The number of hydrogen-bond donors (Lipinski definition) is 2. The lowest BCUT2D eigenvalue weighted by molar-refractivity contribution is -0.147. The molecule has 0 radical (unpaired) electrons. The van der Waals surface area contributed by atoms with E-state index in [0.29, 0.717) is 19.5 Å². The van der Waals surface area contributed by atoms with Crippen molar-refractivity contribution in [3.05, 3.63) is 18.5 Å². The van der Waals surface area contributed by atoms with Crippen LogP contribution in [0.25, 0.3) is 0 Å². The first kappa shape index (κ1) is 18.2. The zero-order valence-corrected chi connectivity index (χ0v) is 15.2. The molecule has 2 amide bonds. The van der Waals surface area contributed by atoms with Crippen molar-refractivity contribution in [2.45, 2.75) is 37.6 Å². The summed E-state index contributed by atoms with van der Waals surface area (Å²) in [7, 11) is 0. The van der Waals surface area contributed by atoms with Gasteiger partial charge in [-0.05, 0) is 44.8 Å². The Morgan fingerprint density at radius 1 is 1.24 bits per heavy atom. The Bertz CT molecular complexity index is 629. The van der Waals surface area contributed by atoms with E-state index in [-0.39, 0.29) is 29.6 Å². The van der Waals surface area contributed by atoms with Crippen LogP contribution < -0.4 is 10.6 Å². The van der Waals surface area contributed by atoms with Crippen LogP contribution in [0.15, 0.2) is 18.5 Å². The van der Waals surface area contributed by atoms with Crippen LogP contribution in [-0.4, -0.2) is 59.2 Å².